The molecule has 0 aliphatic rings. The molecule has 0 radical (unpaired) electrons. The second kappa shape index (κ2) is 7.81. The molecule has 116 valence electrons. The molecule has 1 atom stereocenters. The number of amides is 1. The van der Waals surface area contributed by atoms with Crippen LogP contribution in [0.3, 0.4) is 0 Å². The van der Waals surface area contributed by atoms with Gasteiger partial charge in [-0.3, -0.25) is 4.79 Å². The van der Waals surface area contributed by atoms with Crippen molar-refractivity contribution < 1.29 is 9.59 Å². The maximum Gasteiger partial charge on any atom is 0.217 e. The first-order valence-electron chi connectivity index (χ1n) is 7.42. The van der Waals surface area contributed by atoms with Crippen molar-refractivity contribution in [2.45, 2.75) is 39.5 Å². The number of aldehydes is 1. The lowest BCUT2D eigenvalue weighted by molar-refractivity contribution is -0.119. The van der Waals surface area contributed by atoms with E-state index in [0.29, 0.717) is 19.3 Å². The standard InChI is InChI=1S/C17H26N2O2/c1-4-17(11-12-20,10-9-16(18)21)13-19(3)15-7-5-14(2)6-8-15/h5-8,12H,4,9-11,13H2,1-3H3,(H2,18,21). The number of primary amides is 1. The summed E-state index contributed by atoms with van der Waals surface area (Å²) in [7, 11) is 2.02. The first kappa shape index (κ1) is 17.2. The molecule has 0 saturated carbocycles. The summed E-state index contributed by atoms with van der Waals surface area (Å²) in [5.41, 5.74) is 7.40. The zero-order valence-electron chi connectivity index (χ0n) is 13.3. The van der Waals surface area contributed by atoms with E-state index in [-0.39, 0.29) is 11.3 Å². The molecule has 1 rings (SSSR count). The number of carbonyl (C=O) groups is 2. The van der Waals surface area contributed by atoms with Gasteiger partial charge in [-0.15, -0.1) is 0 Å². The minimum absolute atomic E-state index is 0.198. The highest BCUT2D eigenvalue weighted by Crippen LogP contribution is 2.33. The first-order valence-corrected chi connectivity index (χ1v) is 7.42. The van der Waals surface area contributed by atoms with Crippen LogP contribution in [0.15, 0.2) is 24.3 Å². The third-order valence-corrected chi connectivity index (χ3v) is 4.22. The Kier molecular flexibility index (Phi) is 6.40. The van der Waals surface area contributed by atoms with E-state index < -0.39 is 0 Å². The van der Waals surface area contributed by atoms with Gasteiger partial charge in [0.05, 0.1) is 0 Å². The van der Waals surface area contributed by atoms with Gasteiger partial charge in [-0.1, -0.05) is 24.6 Å². The minimum Gasteiger partial charge on any atom is -0.374 e. The molecule has 0 spiro atoms. The lowest BCUT2D eigenvalue weighted by atomic mass is 9.77. The van der Waals surface area contributed by atoms with Gasteiger partial charge in [-0.25, -0.2) is 0 Å². The Bertz CT molecular complexity index is 470. The Labute approximate surface area is 127 Å². The van der Waals surface area contributed by atoms with Crippen molar-refractivity contribution in [2.75, 3.05) is 18.5 Å². The Morgan fingerprint density at radius 1 is 1.33 bits per heavy atom. The zero-order valence-corrected chi connectivity index (χ0v) is 13.3. The first-order chi connectivity index (χ1) is 9.92. The van der Waals surface area contributed by atoms with E-state index in [1.54, 1.807) is 0 Å². The Morgan fingerprint density at radius 2 is 1.95 bits per heavy atom. The van der Waals surface area contributed by atoms with Gasteiger partial charge in [0.2, 0.25) is 5.91 Å². The van der Waals surface area contributed by atoms with Gasteiger partial charge in [0.15, 0.2) is 0 Å². The van der Waals surface area contributed by atoms with Crippen LogP contribution in [0.1, 0.15) is 38.2 Å². The molecule has 1 aromatic carbocycles. The molecule has 0 aliphatic carbocycles. The summed E-state index contributed by atoms with van der Waals surface area (Å²) in [6.07, 6.45) is 3.22. The van der Waals surface area contributed by atoms with Crippen molar-refractivity contribution in [3.63, 3.8) is 0 Å². The average Bonchev–Trinajstić information content (AvgIpc) is 2.45. The van der Waals surface area contributed by atoms with Gasteiger partial charge in [-0.05, 0) is 37.3 Å². The largest absolute Gasteiger partial charge is 0.374 e. The summed E-state index contributed by atoms with van der Waals surface area (Å²) in [6.45, 7) is 4.85. The van der Waals surface area contributed by atoms with Crippen LogP contribution in [0, 0.1) is 12.3 Å². The fraction of sp³-hybridized carbons (Fsp3) is 0.529. The van der Waals surface area contributed by atoms with Crippen LogP contribution in [0.4, 0.5) is 5.69 Å². The number of aryl methyl sites for hydroxylation is 1. The number of carbonyl (C=O) groups excluding carboxylic acids is 2. The van der Waals surface area contributed by atoms with E-state index >= 15 is 0 Å². The quantitative estimate of drug-likeness (QED) is 0.711. The molecule has 0 aromatic heterocycles. The summed E-state index contributed by atoms with van der Waals surface area (Å²) in [5, 5.41) is 0. The van der Waals surface area contributed by atoms with E-state index in [0.717, 1.165) is 24.9 Å². The van der Waals surface area contributed by atoms with Crippen molar-refractivity contribution in [1.82, 2.24) is 0 Å². The molecular weight excluding hydrogens is 264 g/mol. The third-order valence-electron chi connectivity index (χ3n) is 4.22. The molecular formula is C17H26N2O2. The minimum atomic E-state index is -0.309. The maximum absolute atomic E-state index is 11.1. The molecule has 0 fully saturated rings. The van der Waals surface area contributed by atoms with Crippen LogP contribution in [0.2, 0.25) is 0 Å². The van der Waals surface area contributed by atoms with Crippen LogP contribution in [-0.2, 0) is 9.59 Å². The summed E-state index contributed by atoms with van der Waals surface area (Å²) in [5.74, 6) is -0.309. The predicted octanol–water partition coefficient (Wildman–Crippen LogP) is 2.68. The fourth-order valence-corrected chi connectivity index (χ4v) is 2.64. The molecule has 0 saturated heterocycles. The molecule has 21 heavy (non-hydrogen) atoms. The number of hydrogen-bond donors (Lipinski definition) is 1. The number of benzene rings is 1. The van der Waals surface area contributed by atoms with Crippen LogP contribution in [-0.4, -0.2) is 25.8 Å². The van der Waals surface area contributed by atoms with Crippen molar-refractivity contribution in [1.29, 1.82) is 0 Å². The Balaban J connectivity index is 2.85. The molecule has 4 nitrogen and oxygen atoms in total. The van der Waals surface area contributed by atoms with Crippen LogP contribution >= 0.6 is 0 Å². The van der Waals surface area contributed by atoms with E-state index in [1.165, 1.54) is 5.56 Å². The molecule has 1 amide bonds. The van der Waals surface area contributed by atoms with Gasteiger partial charge < -0.3 is 15.4 Å². The number of rotatable bonds is 9. The highest BCUT2D eigenvalue weighted by Gasteiger charge is 2.30. The van der Waals surface area contributed by atoms with Crippen LogP contribution < -0.4 is 10.6 Å². The molecule has 1 aromatic rings. The van der Waals surface area contributed by atoms with Crippen molar-refractivity contribution in [3.8, 4) is 0 Å². The molecule has 1 unspecified atom stereocenters. The second-order valence-corrected chi connectivity index (χ2v) is 5.88. The average molecular weight is 290 g/mol. The monoisotopic (exact) mass is 290 g/mol. The Hall–Kier alpha value is -1.84. The maximum atomic E-state index is 11.1. The lowest BCUT2D eigenvalue weighted by Crippen LogP contribution is -2.36. The highest BCUT2D eigenvalue weighted by atomic mass is 16.1. The van der Waals surface area contributed by atoms with Gasteiger partial charge in [0.25, 0.3) is 0 Å². The number of nitrogens with two attached hydrogens (primary N) is 1. The van der Waals surface area contributed by atoms with Crippen molar-refractivity contribution >= 4 is 17.9 Å². The number of hydrogen-bond acceptors (Lipinski definition) is 3. The second-order valence-electron chi connectivity index (χ2n) is 5.88. The smallest absolute Gasteiger partial charge is 0.217 e. The van der Waals surface area contributed by atoms with Gasteiger partial charge in [0, 0.05) is 32.1 Å². The zero-order chi connectivity index (χ0) is 15.9. The van der Waals surface area contributed by atoms with Gasteiger partial charge in [0.1, 0.15) is 6.29 Å². The van der Waals surface area contributed by atoms with Crippen molar-refractivity contribution in [2.24, 2.45) is 11.1 Å². The van der Waals surface area contributed by atoms with Crippen molar-refractivity contribution in [3.05, 3.63) is 29.8 Å². The molecule has 2 N–H and O–H groups in total. The highest BCUT2D eigenvalue weighted by molar-refractivity contribution is 5.73. The predicted molar refractivity (Wildman–Crippen MR) is 86.3 cm³/mol. The fourth-order valence-electron chi connectivity index (χ4n) is 2.64. The summed E-state index contributed by atoms with van der Waals surface area (Å²) in [6, 6.07) is 8.29. The summed E-state index contributed by atoms with van der Waals surface area (Å²) in [4.78, 5) is 24.3. The SMILES string of the molecule is CCC(CC=O)(CCC(N)=O)CN(C)c1ccc(C)cc1. The molecule has 0 aliphatic heterocycles. The van der Waals surface area contributed by atoms with E-state index in [1.807, 2.05) is 7.05 Å². The third kappa shape index (κ3) is 5.21. The molecule has 4 heteroatoms. The van der Waals surface area contributed by atoms with E-state index in [4.69, 9.17) is 5.73 Å². The molecule has 0 heterocycles. The van der Waals surface area contributed by atoms with E-state index in [2.05, 4.69) is 43.0 Å². The van der Waals surface area contributed by atoms with E-state index in [9.17, 15) is 9.59 Å². The summed E-state index contributed by atoms with van der Waals surface area (Å²) >= 11 is 0. The van der Waals surface area contributed by atoms with Gasteiger partial charge >= 0.3 is 0 Å². The normalized spacial score (nSPS) is 13.5. The van der Waals surface area contributed by atoms with Crippen LogP contribution in [0.5, 0.6) is 0 Å². The topological polar surface area (TPSA) is 63.4 Å². The summed E-state index contributed by atoms with van der Waals surface area (Å²) < 4.78 is 0. The lowest BCUT2D eigenvalue weighted by Gasteiger charge is -2.36. The van der Waals surface area contributed by atoms with Crippen LogP contribution in [0.25, 0.3) is 0 Å². The Morgan fingerprint density at radius 3 is 2.43 bits per heavy atom. The molecule has 0 bridgehead atoms. The van der Waals surface area contributed by atoms with Gasteiger partial charge in [-0.2, -0.15) is 0 Å². The number of anilines is 1. The number of nitrogens with zero attached hydrogens (tertiary/aromatic N) is 1.